The van der Waals surface area contributed by atoms with Gasteiger partial charge in [-0.15, -0.1) is 0 Å². The lowest BCUT2D eigenvalue weighted by atomic mass is 9.90. The number of nitrogens with zero attached hydrogens (tertiary/aromatic N) is 1. The zero-order valence-electron chi connectivity index (χ0n) is 14.9. The number of H-pyrrole nitrogens is 1. The Labute approximate surface area is 144 Å². The van der Waals surface area contributed by atoms with Gasteiger partial charge in [-0.2, -0.15) is 0 Å². The molecule has 2 heterocycles. The van der Waals surface area contributed by atoms with E-state index >= 15 is 0 Å². The molecule has 0 saturated carbocycles. The second-order valence-corrected chi connectivity index (χ2v) is 6.09. The quantitative estimate of drug-likeness (QED) is 0.777. The molecule has 24 heavy (non-hydrogen) atoms. The molecule has 132 valence electrons. The van der Waals surface area contributed by atoms with Gasteiger partial charge in [0, 0.05) is 19.2 Å². The highest BCUT2D eigenvalue weighted by Crippen LogP contribution is 2.29. The molecule has 1 N–H and O–H groups in total. The van der Waals surface area contributed by atoms with Crippen molar-refractivity contribution in [3.63, 3.8) is 0 Å². The molecular weight excluding hydrogens is 304 g/mol. The van der Waals surface area contributed by atoms with Gasteiger partial charge in [0.2, 0.25) is 0 Å². The molecule has 0 bridgehead atoms. The van der Waals surface area contributed by atoms with Crippen LogP contribution in [0.4, 0.5) is 0 Å². The third kappa shape index (κ3) is 4.90. The van der Waals surface area contributed by atoms with Gasteiger partial charge in [-0.05, 0) is 19.4 Å². The molecular formula is C19H28N2O3. The summed E-state index contributed by atoms with van der Waals surface area (Å²) in [5, 5.41) is 0. The molecule has 1 aliphatic heterocycles. The topological polar surface area (TPSA) is 56.4 Å². The molecule has 1 saturated heterocycles. The largest absolute Gasteiger partial charge is 0.378 e. The highest BCUT2D eigenvalue weighted by Gasteiger charge is 2.40. The van der Waals surface area contributed by atoms with Crippen molar-refractivity contribution in [1.82, 2.24) is 9.97 Å². The molecule has 1 fully saturated rings. The second kappa shape index (κ2) is 9.57. The molecule has 0 unspecified atom stereocenters. The molecule has 1 aliphatic rings. The van der Waals surface area contributed by atoms with Crippen molar-refractivity contribution < 1.29 is 14.2 Å². The summed E-state index contributed by atoms with van der Waals surface area (Å²) in [6.45, 7) is 7.28. The summed E-state index contributed by atoms with van der Waals surface area (Å²) in [6, 6.07) is 0. The van der Waals surface area contributed by atoms with Crippen LogP contribution in [-0.2, 0) is 20.8 Å². The lowest BCUT2D eigenvalue weighted by Crippen LogP contribution is -2.51. The van der Waals surface area contributed by atoms with Crippen molar-refractivity contribution in [2.45, 2.75) is 45.7 Å². The lowest BCUT2D eigenvalue weighted by Gasteiger charge is -2.41. The number of hydrogen-bond acceptors (Lipinski definition) is 4. The summed E-state index contributed by atoms with van der Waals surface area (Å²) in [7, 11) is 1.74. The minimum atomic E-state index is -0.165. The fourth-order valence-corrected chi connectivity index (χ4v) is 2.91. The molecule has 0 aromatic carbocycles. The zero-order valence-corrected chi connectivity index (χ0v) is 14.9. The summed E-state index contributed by atoms with van der Waals surface area (Å²) in [5.74, 6) is 0.279. The van der Waals surface area contributed by atoms with Crippen molar-refractivity contribution in [2.24, 2.45) is 5.92 Å². The van der Waals surface area contributed by atoms with E-state index in [1.54, 1.807) is 13.4 Å². The van der Waals surface area contributed by atoms with Gasteiger partial charge >= 0.3 is 0 Å². The number of aromatic amines is 1. The van der Waals surface area contributed by atoms with Crippen LogP contribution >= 0.6 is 0 Å². The highest BCUT2D eigenvalue weighted by atomic mass is 16.6. The maximum Gasteiger partial charge on any atom is 0.114 e. The number of imidazole rings is 1. The lowest BCUT2D eigenvalue weighted by molar-refractivity contribution is -0.184. The fraction of sp³-hybridized carbons (Fsp3) is 0.526. The molecule has 4 atom stereocenters. The van der Waals surface area contributed by atoms with E-state index in [1.165, 1.54) is 0 Å². The van der Waals surface area contributed by atoms with Crippen LogP contribution in [-0.4, -0.2) is 42.0 Å². The maximum atomic E-state index is 6.15. The molecule has 1 aromatic rings. The van der Waals surface area contributed by atoms with Gasteiger partial charge in [0.05, 0.1) is 31.3 Å². The van der Waals surface area contributed by atoms with Gasteiger partial charge in [-0.1, -0.05) is 37.3 Å². The van der Waals surface area contributed by atoms with E-state index in [2.05, 4.69) is 29.9 Å². The summed E-state index contributed by atoms with van der Waals surface area (Å²) in [4.78, 5) is 7.16. The Hall–Kier alpha value is -1.69. The van der Waals surface area contributed by atoms with E-state index in [9.17, 15) is 0 Å². The summed E-state index contributed by atoms with van der Waals surface area (Å²) < 4.78 is 17.9. The number of aromatic nitrogens is 2. The average molecular weight is 332 g/mol. The minimum absolute atomic E-state index is 0.00874. The number of nitrogens with one attached hydrogen (secondary N) is 1. The standard InChI is InChI=1S/C19H28N2O3/c1-5-6-7-8-9-14(2)18-19(17(22-4)15(3)11-23-18)24-12-16-10-20-13-21-16/h5-10,13,15,17-19H,11-12H2,1-4H3,(H,20,21)/b6-5+,8-7+,14-9+/t15-,17-,18-,19+/m1/s1. The fourth-order valence-electron chi connectivity index (χ4n) is 2.91. The third-order valence-electron chi connectivity index (χ3n) is 4.19. The number of ether oxygens (including phenoxy) is 3. The Balaban J connectivity index is 2.12. The Morgan fingerprint density at radius 2 is 2.21 bits per heavy atom. The Kier molecular flexibility index (Phi) is 7.43. The second-order valence-electron chi connectivity index (χ2n) is 6.09. The Bertz CT molecular complexity index is 563. The van der Waals surface area contributed by atoms with E-state index in [4.69, 9.17) is 14.2 Å². The van der Waals surface area contributed by atoms with Crippen LogP contribution < -0.4 is 0 Å². The van der Waals surface area contributed by atoms with Gasteiger partial charge in [-0.3, -0.25) is 0 Å². The van der Waals surface area contributed by atoms with Gasteiger partial charge in [-0.25, -0.2) is 4.98 Å². The Morgan fingerprint density at radius 1 is 1.38 bits per heavy atom. The van der Waals surface area contributed by atoms with E-state index in [-0.39, 0.29) is 24.2 Å². The molecule has 1 aromatic heterocycles. The molecule has 2 rings (SSSR count). The van der Waals surface area contributed by atoms with Gasteiger partial charge in [0.15, 0.2) is 0 Å². The van der Waals surface area contributed by atoms with Crippen LogP contribution in [0.15, 0.2) is 48.5 Å². The first-order valence-corrected chi connectivity index (χ1v) is 8.37. The number of methoxy groups -OCH3 is 1. The monoisotopic (exact) mass is 332 g/mol. The average Bonchev–Trinajstić information content (AvgIpc) is 3.10. The van der Waals surface area contributed by atoms with Gasteiger partial charge in [0.1, 0.15) is 12.2 Å². The van der Waals surface area contributed by atoms with Crippen molar-refractivity contribution in [3.8, 4) is 0 Å². The summed E-state index contributed by atoms with van der Waals surface area (Å²) in [6.07, 6.45) is 13.3. The SMILES string of the molecule is C/C=C/C=C/C=C(\C)[C@H]1OC[C@@H](C)[C@@H](OC)[C@@H]1OCc1c[nH]cn1. The number of allylic oxidation sites excluding steroid dienone is 5. The highest BCUT2D eigenvalue weighted by molar-refractivity contribution is 5.20. The van der Waals surface area contributed by atoms with Crippen LogP contribution in [0.3, 0.4) is 0 Å². The number of rotatable bonds is 7. The first-order valence-electron chi connectivity index (χ1n) is 8.37. The van der Waals surface area contributed by atoms with E-state index in [1.807, 2.05) is 37.4 Å². The predicted molar refractivity (Wildman–Crippen MR) is 94.6 cm³/mol. The van der Waals surface area contributed by atoms with Crippen LogP contribution in [0, 0.1) is 5.92 Å². The molecule has 0 radical (unpaired) electrons. The van der Waals surface area contributed by atoms with Crippen molar-refractivity contribution in [1.29, 1.82) is 0 Å². The smallest absolute Gasteiger partial charge is 0.114 e. The van der Waals surface area contributed by atoms with Crippen LogP contribution in [0.5, 0.6) is 0 Å². The van der Waals surface area contributed by atoms with Crippen LogP contribution in [0.2, 0.25) is 0 Å². The van der Waals surface area contributed by atoms with Gasteiger partial charge in [0.25, 0.3) is 0 Å². The van der Waals surface area contributed by atoms with Crippen molar-refractivity contribution in [2.75, 3.05) is 13.7 Å². The van der Waals surface area contributed by atoms with Crippen LogP contribution in [0.1, 0.15) is 26.5 Å². The van der Waals surface area contributed by atoms with Crippen LogP contribution in [0.25, 0.3) is 0 Å². The normalized spacial score (nSPS) is 28.9. The molecule has 5 nitrogen and oxygen atoms in total. The first kappa shape index (κ1) is 18.6. The molecule has 0 amide bonds. The number of hydrogen-bond donors (Lipinski definition) is 1. The first-order chi connectivity index (χ1) is 11.7. The van der Waals surface area contributed by atoms with Crippen molar-refractivity contribution in [3.05, 3.63) is 54.2 Å². The minimum Gasteiger partial charge on any atom is -0.378 e. The zero-order chi connectivity index (χ0) is 17.4. The maximum absolute atomic E-state index is 6.15. The van der Waals surface area contributed by atoms with Crippen molar-refractivity contribution >= 4 is 0 Å². The summed E-state index contributed by atoms with van der Waals surface area (Å²) in [5.41, 5.74) is 1.99. The summed E-state index contributed by atoms with van der Waals surface area (Å²) >= 11 is 0. The molecule has 0 spiro atoms. The third-order valence-corrected chi connectivity index (χ3v) is 4.19. The Morgan fingerprint density at radius 3 is 2.88 bits per heavy atom. The van der Waals surface area contributed by atoms with E-state index in [0.29, 0.717) is 13.2 Å². The predicted octanol–water partition coefficient (Wildman–Crippen LogP) is 3.42. The molecule has 0 aliphatic carbocycles. The molecule has 5 heteroatoms. The van der Waals surface area contributed by atoms with Gasteiger partial charge < -0.3 is 19.2 Å². The van der Waals surface area contributed by atoms with E-state index < -0.39 is 0 Å². The van der Waals surface area contributed by atoms with E-state index in [0.717, 1.165) is 11.3 Å².